The summed E-state index contributed by atoms with van der Waals surface area (Å²) in [6.07, 6.45) is 6.35. The van der Waals surface area contributed by atoms with Crippen LogP contribution in [0.5, 0.6) is 0 Å². The number of carbonyl (C=O) groups excluding carboxylic acids is 1. The molecule has 1 N–H and O–H groups in total. The van der Waals surface area contributed by atoms with Gasteiger partial charge in [0.05, 0.1) is 6.10 Å². The summed E-state index contributed by atoms with van der Waals surface area (Å²) in [6.45, 7) is 6.98. The summed E-state index contributed by atoms with van der Waals surface area (Å²) < 4.78 is 5.21. The first-order valence-corrected chi connectivity index (χ1v) is 7.71. The first-order valence-electron chi connectivity index (χ1n) is 7.71. The van der Waals surface area contributed by atoms with Crippen molar-refractivity contribution in [3.63, 3.8) is 0 Å². The van der Waals surface area contributed by atoms with Gasteiger partial charge < -0.3 is 15.0 Å². The Kier molecular flexibility index (Phi) is 8.07. The lowest BCUT2D eigenvalue weighted by molar-refractivity contribution is -0.132. The molecule has 1 aliphatic heterocycles. The lowest BCUT2D eigenvalue weighted by Gasteiger charge is -2.30. The van der Waals surface area contributed by atoms with E-state index in [1.54, 1.807) is 7.11 Å². The monoisotopic (exact) mass is 270 g/mol. The van der Waals surface area contributed by atoms with Gasteiger partial charge in [0.1, 0.15) is 0 Å². The van der Waals surface area contributed by atoms with Crippen molar-refractivity contribution < 1.29 is 9.53 Å². The minimum absolute atomic E-state index is 0.167. The van der Waals surface area contributed by atoms with Crippen LogP contribution in [0.3, 0.4) is 0 Å². The molecule has 0 aromatic carbocycles. The number of piperidine rings is 1. The number of amides is 1. The summed E-state index contributed by atoms with van der Waals surface area (Å²) in [4.78, 5) is 14.3. The molecule has 1 fully saturated rings. The van der Waals surface area contributed by atoms with E-state index in [1.165, 1.54) is 19.3 Å². The van der Waals surface area contributed by atoms with Crippen LogP contribution in [0.2, 0.25) is 0 Å². The van der Waals surface area contributed by atoms with Crippen LogP contribution in [0, 0.1) is 0 Å². The molecule has 112 valence electrons. The Labute approximate surface area is 117 Å². The molecule has 1 amide bonds. The second-order valence-electron chi connectivity index (χ2n) is 5.57. The van der Waals surface area contributed by atoms with Gasteiger partial charge in [0.25, 0.3) is 0 Å². The van der Waals surface area contributed by atoms with Gasteiger partial charge in [-0.3, -0.25) is 4.79 Å². The van der Waals surface area contributed by atoms with Gasteiger partial charge in [-0.1, -0.05) is 13.3 Å². The molecule has 19 heavy (non-hydrogen) atoms. The highest BCUT2D eigenvalue weighted by atomic mass is 16.5. The molecule has 1 saturated heterocycles. The topological polar surface area (TPSA) is 41.6 Å². The summed E-state index contributed by atoms with van der Waals surface area (Å²) in [6, 6.07) is 0.490. The molecule has 1 heterocycles. The Morgan fingerprint density at radius 2 is 2.26 bits per heavy atom. The van der Waals surface area contributed by atoms with Crippen molar-refractivity contribution in [3.8, 4) is 0 Å². The fourth-order valence-electron chi connectivity index (χ4n) is 2.54. The molecule has 0 saturated carbocycles. The maximum atomic E-state index is 12.3. The highest BCUT2D eigenvalue weighted by molar-refractivity contribution is 5.76. The molecule has 0 bridgehead atoms. The zero-order chi connectivity index (χ0) is 14.1. The third-order valence-corrected chi connectivity index (χ3v) is 3.87. The van der Waals surface area contributed by atoms with Crippen LogP contribution < -0.4 is 5.32 Å². The van der Waals surface area contributed by atoms with Crippen LogP contribution in [-0.4, -0.2) is 49.7 Å². The van der Waals surface area contributed by atoms with Crippen molar-refractivity contribution in [2.24, 2.45) is 0 Å². The molecule has 2 unspecified atom stereocenters. The van der Waals surface area contributed by atoms with Crippen LogP contribution >= 0.6 is 0 Å². The average molecular weight is 270 g/mol. The van der Waals surface area contributed by atoms with E-state index < -0.39 is 0 Å². The molecule has 1 rings (SSSR count). The highest BCUT2D eigenvalue weighted by Gasteiger charge is 2.20. The number of hydrogen-bond acceptors (Lipinski definition) is 3. The first-order chi connectivity index (χ1) is 9.17. The molecule has 0 aliphatic carbocycles. The third-order valence-electron chi connectivity index (χ3n) is 3.87. The zero-order valence-electron chi connectivity index (χ0n) is 12.8. The average Bonchev–Trinajstić information content (AvgIpc) is 2.45. The van der Waals surface area contributed by atoms with Gasteiger partial charge in [-0.05, 0) is 39.2 Å². The molecule has 0 aromatic rings. The van der Waals surface area contributed by atoms with E-state index in [4.69, 9.17) is 4.74 Å². The lowest BCUT2D eigenvalue weighted by Crippen LogP contribution is -2.46. The van der Waals surface area contributed by atoms with Crippen molar-refractivity contribution >= 4 is 5.91 Å². The standard InChI is InChI=1S/C15H30N2O2/c1-4-11-17(12-14-7-5-6-10-16-14)15(18)9-8-13(2)19-3/h13-14,16H,4-12H2,1-3H3. The molecular weight excluding hydrogens is 240 g/mol. The van der Waals surface area contributed by atoms with Crippen molar-refractivity contribution in [2.45, 2.75) is 64.5 Å². The van der Waals surface area contributed by atoms with Gasteiger partial charge in [0.2, 0.25) is 5.91 Å². The fourth-order valence-corrected chi connectivity index (χ4v) is 2.54. The van der Waals surface area contributed by atoms with Crippen LogP contribution in [-0.2, 0) is 9.53 Å². The predicted octanol–water partition coefficient (Wildman–Crippen LogP) is 2.18. The molecule has 4 nitrogen and oxygen atoms in total. The molecule has 4 heteroatoms. The second kappa shape index (κ2) is 9.32. The SMILES string of the molecule is CCCN(CC1CCCCN1)C(=O)CCC(C)OC. The fraction of sp³-hybridized carbons (Fsp3) is 0.933. The van der Waals surface area contributed by atoms with Crippen molar-refractivity contribution in [1.29, 1.82) is 0 Å². The maximum absolute atomic E-state index is 12.3. The first kappa shape index (κ1) is 16.4. The van der Waals surface area contributed by atoms with Crippen LogP contribution in [0.15, 0.2) is 0 Å². The van der Waals surface area contributed by atoms with Gasteiger partial charge in [0, 0.05) is 32.7 Å². The molecule has 0 radical (unpaired) electrons. The van der Waals surface area contributed by atoms with E-state index in [0.29, 0.717) is 12.5 Å². The van der Waals surface area contributed by atoms with Gasteiger partial charge in [-0.15, -0.1) is 0 Å². The summed E-state index contributed by atoms with van der Waals surface area (Å²) in [5.74, 6) is 0.276. The Morgan fingerprint density at radius 3 is 2.84 bits per heavy atom. The zero-order valence-corrected chi connectivity index (χ0v) is 12.8. The third kappa shape index (κ3) is 6.39. The van der Waals surface area contributed by atoms with E-state index in [9.17, 15) is 4.79 Å². The summed E-state index contributed by atoms with van der Waals surface area (Å²) in [5.41, 5.74) is 0. The maximum Gasteiger partial charge on any atom is 0.222 e. The van der Waals surface area contributed by atoms with E-state index in [1.807, 2.05) is 11.8 Å². The number of nitrogens with zero attached hydrogens (tertiary/aromatic N) is 1. The van der Waals surface area contributed by atoms with Gasteiger partial charge in [0.15, 0.2) is 0 Å². The number of ether oxygens (including phenoxy) is 1. The van der Waals surface area contributed by atoms with Gasteiger partial charge in [-0.25, -0.2) is 0 Å². The highest BCUT2D eigenvalue weighted by Crippen LogP contribution is 2.11. The minimum atomic E-state index is 0.167. The Bertz CT molecular complexity index is 253. The van der Waals surface area contributed by atoms with E-state index >= 15 is 0 Å². The predicted molar refractivity (Wildman–Crippen MR) is 78.2 cm³/mol. The van der Waals surface area contributed by atoms with Crippen LogP contribution in [0.1, 0.15) is 52.4 Å². The summed E-state index contributed by atoms with van der Waals surface area (Å²) >= 11 is 0. The van der Waals surface area contributed by atoms with Gasteiger partial charge >= 0.3 is 0 Å². The quantitative estimate of drug-likeness (QED) is 0.735. The van der Waals surface area contributed by atoms with Crippen molar-refractivity contribution in [3.05, 3.63) is 0 Å². The Hall–Kier alpha value is -0.610. The van der Waals surface area contributed by atoms with Crippen molar-refractivity contribution in [2.75, 3.05) is 26.7 Å². The van der Waals surface area contributed by atoms with E-state index in [-0.39, 0.29) is 12.0 Å². The van der Waals surface area contributed by atoms with Gasteiger partial charge in [-0.2, -0.15) is 0 Å². The summed E-state index contributed by atoms with van der Waals surface area (Å²) in [7, 11) is 1.70. The lowest BCUT2D eigenvalue weighted by atomic mass is 10.0. The second-order valence-corrected chi connectivity index (χ2v) is 5.57. The Balaban J connectivity index is 2.38. The number of carbonyl (C=O) groups is 1. The molecule has 1 aliphatic rings. The Morgan fingerprint density at radius 1 is 1.47 bits per heavy atom. The molecule has 2 atom stereocenters. The normalized spacial score (nSPS) is 21.1. The number of rotatable bonds is 8. The minimum Gasteiger partial charge on any atom is -0.382 e. The number of methoxy groups -OCH3 is 1. The molecule has 0 aromatic heterocycles. The van der Waals surface area contributed by atoms with Crippen LogP contribution in [0.4, 0.5) is 0 Å². The van der Waals surface area contributed by atoms with E-state index in [2.05, 4.69) is 12.2 Å². The van der Waals surface area contributed by atoms with Crippen LogP contribution in [0.25, 0.3) is 0 Å². The molecular formula is C15H30N2O2. The number of hydrogen-bond donors (Lipinski definition) is 1. The summed E-state index contributed by atoms with van der Waals surface area (Å²) in [5, 5.41) is 3.52. The molecule has 0 spiro atoms. The number of nitrogens with one attached hydrogen (secondary N) is 1. The smallest absolute Gasteiger partial charge is 0.222 e. The van der Waals surface area contributed by atoms with E-state index in [0.717, 1.165) is 32.5 Å². The van der Waals surface area contributed by atoms with Crippen molar-refractivity contribution in [1.82, 2.24) is 10.2 Å². The largest absolute Gasteiger partial charge is 0.382 e.